The van der Waals surface area contributed by atoms with Crippen LogP contribution in [0.1, 0.15) is 29.2 Å². The molecule has 3 rings (SSSR count). The second-order valence-corrected chi connectivity index (χ2v) is 5.43. The lowest BCUT2D eigenvalue weighted by Gasteiger charge is -2.19. The highest BCUT2D eigenvalue weighted by Crippen LogP contribution is 2.21. The molecule has 0 saturated carbocycles. The standard InChI is InChI=1S/C16H16N2O5/c19-14-5-1-2-8-17(14)10-11-6-7-13(23-11)15(20)18-9-3-4-12(18)16(21)22/h1-2,5-8,12H,3-4,9-10H2,(H,21,22)/t12-/m1/s1. The van der Waals surface area contributed by atoms with Crippen molar-refractivity contribution in [2.45, 2.75) is 25.4 Å². The van der Waals surface area contributed by atoms with E-state index in [1.165, 1.54) is 21.6 Å². The lowest BCUT2D eigenvalue weighted by Crippen LogP contribution is -2.40. The summed E-state index contributed by atoms with van der Waals surface area (Å²) in [6.45, 7) is 0.624. The molecule has 3 heterocycles. The summed E-state index contributed by atoms with van der Waals surface area (Å²) in [7, 11) is 0. The fraction of sp³-hybridized carbons (Fsp3) is 0.312. The van der Waals surface area contributed by atoms with Crippen molar-refractivity contribution in [3.63, 3.8) is 0 Å². The number of carbonyl (C=O) groups is 2. The predicted octanol–water partition coefficient (Wildman–Crippen LogP) is 1.18. The van der Waals surface area contributed by atoms with Gasteiger partial charge in [-0.3, -0.25) is 9.59 Å². The van der Waals surface area contributed by atoms with Gasteiger partial charge < -0.3 is 19.0 Å². The highest BCUT2D eigenvalue weighted by molar-refractivity contribution is 5.94. The number of carboxylic acids is 1. The van der Waals surface area contributed by atoms with E-state index in [4.69, 9.17) is 9.52 Å². The minimum atomic E-state index is -1.00. The van der Waals surface area contributed by atoms with Crippen LogP contribution in [0.2, 0.25) is 0 Å². The van der Waals surface area contributed by atoms with Crippen LogP contribution in [-0.4, -0.2) is 39.0 Å². The van der Waals surface area contributed by atoms with Gasteiger partial charge in [-0.2, -0.15) is 0 Å². The van der Waals surface area contributed by atoms with Crippen LogP contribution in [0.15, 0.2) is 45.7 Å². The number of amides is 1. The summed E-state index contributed by atoms with van der Waals surface area (Å²) in [5.74, 6) is -0.870. The zero-order chi connectivity index (χ0) is 16.4. The molecule has 1 aliphatic rings. The Morgan fingerprint density at radius 1 is 1.26 bits per heavy atom. The van der Waals surface area contributed by atoms with Gasteiger partial charge in [0.15, 0.2) is 5.76 Å². The van der Waals surface area contributed by atoms with Crippen molar-refractivity contribution in [2.75, 3.05) is 6.54 Å². The van der Waals surface area contributed by atoms with E-state index in [1.807, 2.05) is 0 Å². The fourth-order valence-corrected chi connectivity index (χ4v) is 2.75. The van der Waals surface area contributed by atoms with Gasteiger partial charge in [0, 0.05) is 18.8 Å². The first-order valence-electron chi connectivity index (χ1n) is 7.34. The normalized spacial score (nSPS) is 17.4. The molecule has 0 spiro atoms. The van der Waals surface area contributed by atoms with Crippen molar-refractivity contribution < 1.29 is 19.1 Å². The Kier molecular flexibility index (Phi) is 4.01. The van der Waals surface area contributed by atoms with Gasteiger partial charge in [-0.15, -0.1) is 0 Å². The van der Waals surface area contributed by atoms with Crippen LogP contribution in [0.3, 0.4) is 0 Å². The molecule has 7 heteroatoms. The number of pyridine rings is 1. The average Bonchev–Trinajstić information content (AvgIpc) is 3.18. The third-order valence-electron chi connectivity index (χ3n) is 3.90. The predicted molar refractivity (Wildman–Crippen MR) is 80.2 cm³/mol. The first-order valence-corrected chi connectivity index (χ1v) is 7.34. The Bertz CT molecular complexity index is 792. The van der Waals surface area contributed by atoms with E-state index in [-0.39, 0.29) is 17.9 Å². The molecule has 1 N–H and O–H groups in total. The summed E-state index contributed by atoms with van der Waals surface area (Å²) < 4.78 is 6.96. The summed E-state index contributed by atoms with van der Waals surface area (Å²) in [5, 5.41) is 9.15. The van der Waals surface area contributed by atoms with Gasteiger partial charge in [0.05, 0.1) is 6.54 Å². The molecule has 1 aliphatic heterocycles. The number of likely N-dealkylation sites (tertiary alicyclic amines) is 1. The van der Waals surface area contributed by atoms with Crippen LogP contribution in [0.5, 0.6) is 0 Å². The quantitative estimate of drug-likeness (QED) is 0.914. The van der Waals surface area contributed by atoms with Gasteiger partial charge in [-0.1, -0.05) is 6.07 Å². The molecule has 0 unspecified atom stereocenters. The minimum absolute atomic E-state index is 0.0946. The van der Waals surface area contributed by atoms with Crippen LogP contribution >= 0.6 is 0 Å². The Hall–Kier alpha value is -2.83. The molecule has 1 atom stereocenters. The lowest BCUT2D eigenvalue weighted by atomic mass is 10.2. The van der Waals surface area contributed by atoms with E-state index in [0.717, 1.165) is 0 Å². The molecule has 23 heavy (non-hydrogen) atoms. The Balaban J connectivity index is 1.77. The Morgan fingerprint density at radius 2 is 2.09 bits per heavy atom. The van der Waals surface area contributed by atoms with E-state index in [1.54, 1.807) is 24.4 Å². The van der Waals surface area contributed by atoms with E-state index < -0.39 is 17.9 Å². The van der Waals surface area contributed by atoms with Crippen molar-refractivity contribution in [1.29, 1.82) is 0 Å². The maximum atomic E-state index is 12.4. The molecule has 120 valence electrons. The van der Waals surface area contributed by atoms with Gasteiger partial charge in [0.1, 0.15) is 11.8 Å². The van der Waals surface area contributed by atoms with Gasteiger partial charge in [0.2, 0.25) is 0 Å². The van der Waals surface area contributed by atoms with E-state index in [2.05, 4.69) is 0 Å². The van der Waals surface area contributed by atoms with Crippen LogP contribution in [0.4, 0.5) is 0 Å². The number of nitrogens with zero attached hydrogens (tertiary/aromatic N) is 2. The van der Waals surface area contributed by atoms with Crippen LogP contribution in [0, 0.1) is 0 Å². The molecule has 2 aromatic rings. The highest BCUT2D eigenvalue weighted by atomic mass is 16.4. The van der Waals surface area contributed by atoms with Crippen LogP contribution in [-0.2, 0) is 11.3 Å². The number of hydrogen-bond acceptors (Lipinski definition) is 4. The van der Waals surface area contributed by atoms with Crippen molar-refractivity contribution in [3.05, 3.63) is 58.4 Å². The second kappa shape index (κ2) is 6.12. The van der Waals surface area contributed by atoms with Crippen molar-refractivity contribution >= 4 is 11.9 Å². The van der Waals surface area contributed by atoms with Crippen molar-refractivity contribution in [2.24, 2.45) is 0 Å². The van der Waals surface area contributed by atoms with Crippen LogP contribution in [0.25, 0.3) is 0 Å². The molecule has 0 aromatic carbocycles. The first kappa shape index (κ1) is 15.1. The number of aliphatic carboxylic acids is 1. The summed E-state index contributed by atoms with van der Waals surface area (Å²) in [6.07, 6.45) is 2.75. The fourth-order valence-electron chi connectivity index (χ4n) is 2.75. The molecule has 0 aliphatic carbocycles. The van der Waals surface area contributed by atoms with Crippen LogP contribution < -0.4 is 5.56 Å². The van der Waals surface area contributed by atoms with Gasteiger partial charge in [0.25, 0.3) is 11.5 Å². The molecule has 1 fully saturated rings. The smallest absolute Gasteiger partial charge is 0.326 e. The Labute approximate surface area is 131 Å². The minimum Gasteiger partial charge on any atom is -0.480 e. The third-order valence-corrected chi connectivity index (χ3v) is 3.90. The number of aromatic nitrogens is 1. The summed E-state index contributed by atoms with van der Waals surface area (Å²) in [6, 6.07) is 7.17. The van der Waals surface area contributed by atoms with Gasteiger partial charge in [-0.05, 0) is 31.0 Å². The van der Waals surface area contributed by atoms with E-state index in [0.29, 0.717) is 25.1 Å². The molecule has 0 bridgehead atoms. The van der Waals surface area contributed by atoms with Crippen molar-refractivity contribution in [3.8, 4) is 0 Å². The summed E-state index contributed by atoms with van der Waals surface area (Å²) >= 11 is 0. The number of furan rings is 1. The van der Waals surface area contributed by atoms with E-state index in [9.17, 15) is 14.4 Å². The molecule has 1 amide bonds. The number of carboxylic acid groups (broad SMARTS) is 1. The topological polar surface area (TPSA) is 92.8 Å². The zero-order valence-electron chi connectivity index (χ0n) is 12.3. The molecule has 7 nitrogen and oxygen atoms in total. The van der Waals surface area contributed by atoms with Gasteiger partial charge >= 0.3 is 5.97 Å². The molecule has 1 saturated heterocycles. The number of carbonyl (C=O) groups excluding carboxylic acids is 1. The number of rotatable bonds is 4. The molecular formula is C16H16N2O5. The molecular weight excluding hydrogens is 300 g/mol. The van der Waals surface area contributed by atoms with E-state index >= 15 is 0 Å². The summed E-state index contributed by atoms with van der Waals surface area (Å²) in [4.78, 5) is 36.6. The summed E-state index contributed by atoms with van der Waals surface area (Å²) in [5.41, 5.74) is -0.165. The monoisotopic (exact) mass is 316 g/mol. The average molecular weight is 316 g/mol. The molecule has 2 aromatic heterocycles. The van der Waals surface area contributed by atoms with Gasteiger partial charge in [-0.25, -0.2) is 4.79 Å². The largest absolute Gasteiger partial charge is 0.480 e. The first-order chi connectivity index (χ1) is 11.1. The maximum Gasteiger partial charge on any atom is 0.326 e. The highest BCUT2D eigenvalue weighted by Gasteiger charge is 2.35. The maximum absolute atomic E-state index is 12.4. The second-order valence-electron chi connectivity index (χ2n) is 5.43. The SMILES string of the molecule is O=C(O)[C@H]1CCCN1C(=O)c1ccc(Cn2ccccc2=O)o1. The number of hydrogen-bond donors (Lipinski definition) is 1. The zero-order valence-corrected chi connectivity index (χ0v) is 12.3. The lowest BCUT2D eigenvalue weighted by molar-refractivity contribution is -0.141. The van der Waals surface area contributed by atoms with Crippen molar-refractivity contribution in [1.82, 2.24) is 9.47 Å². The third kappa shape index (κ3) is 3.03. The molecule has 0 radical (unpaired) electrons. The Morgan fingerprint density at radius 3 is 2.83 bits per heavy atom.